The third-order valence-electron chi connectivity index (χ3n) is 12.5. The Hall–Kier alpha value is -7.07. The molecule has 60 heavy (non-hydrogen) atoms. The standard InChI is InChI=1S/C57H40N2S/c1-2-15-45(16-3-1)58(47-28-30-51-44(34-47)22-21-39-11-5-7-18-50(39)51)46-26-23-38(24-27-46)40-13-10-14-41(33-40)42-25-32-56-54(36-42)53-19-8-9-20-55(53)59(56)48-29-31-52-43-12-4-6-17-49(35-43)60-57(52)37-48/h1-33,35-37,47,49H,34H2. The molecule has 0 saturated carbocycles. The van der Waals surface area contributed by atoms with Gasteiger partial charge < -0.3 is 9.47 Å². The van der Waals surface area contributed by atoms with Gasteiger partial charge in [-0.25, -0.2) is 0 Å². The lowest BCUT2D eigenvalue weighted by Crippen LogP contribution is -2.32. The van der Waals surface area contributed by atoms with E-state index >= 15 is 0 Å². The number of fused-ring (bicyclic) bond motifs is 9. The topological polar surface area (TPSA) is 8.17 Å². The van der Waals surface area contributed by atoms with Crippen molar-refractivity contribution in [1.29, 1.82) is 0 Å². The molecular weight excluding hydrogens is 745 g/mol. The predicted molar refractivity (Wildman–Crippen MR) is 257 cm³/mol. The fourth-order valence-corrected chi connectivity index (χ4v) is 10.8. The van der Waals surface area contributed by atoms with E-state index in [4.69, 9.17) is 0 Å². The molecule has 2 nitrogen and oxygen atoms in total. The van der Waals surface area contributed by atoms with Gasteiger partial charge in [-0.05, 0) is 122 Å². The molecule has 0 fully saturated rings. The van der Waals surface area contributed by atoms with Gasteiger partial charge in [-0.1, -0.05) is 158 Å². The van der Waals surface area contributed by atoms with Crippen molar-refractivity contribution in [2.75, 3.05) is 4.90 Å². The molecule has 9 aromatic rings. The Kier molecular flexibility index (Phi) is 8.35. The van der Waals surface area contributed by atoms with Crippen LogP contribution in [0.4, 0.5) is 11.4 Å². The van der Waals surface area contributed by atoms with Crippen molar-refractivity contribution in [1.82, 2.24) is 4.57 Å². The lowest BCUT2D eigenvalue weighted by atomic mass is 9.89. The summed E-state index contributed by atoms with van der Waals surface area (Å²) < 4.78 is 2.44. The zero-order valence-corrected chi connectivity index (χ0v) is 33.8. The van der Waals surface area contributed by atoms with Crippen LogP contribution in [-0.2, 0) is 6.42 Å². The van der Waals surface area contributed by atoms with Crippen LogP contribution < -0.4 is 4.90 Å². The first kappa shape index (κ1) is 34.9. The smallest absolute Gasteiger partial charge is 0.0566 e. The van der Waals surface area contributed by atoms with E-state index in [0.717, 1.165) is 6.42 Å². The van der Waals surface area contributed by atoms with Gasteiger partial charge in [-0.15, -0.1) is 11.8 Å². The normalized spacial score (nSPS) is 16.4. The quantitative estimate of drug-likeness (QED) is 0.166. The molecule has 1 aliphatic heterocycles. The lowest BCUT2D eigenvalue weighted by Gasteiger charge is -2.34. The van der Waals surface area contributed by atoms with Gasteiger partial charge in [0.1, 0.15) is 0 Å². The van der Waals surface area contributed by atoms with E-state index in [-0.39, 0.29) is 6.04 Å². The number of aromatic nitrogens is 1. The minimum absolute atomic E-state index is 0.194. The van der Waals surface area contributed by atoms with Gasteiger partial charge in [0.15, 0.2) is 0 Å². The maximum atomic E-state index is 2.49. The van der Waals surface area contributed by atoms with Gasteiger partial charge in [0.05, 0.1) is 17.1 Å². The van der Waals surface area contributed by atoms with Crippen molar-refractivity contribution in [3.8, 4) is 27.9 Å². The van der Waals surface area contributed by atoms with Crippen molar-refractivity contribution < 1.29 is 0 Å². The number of para-hydroxylation sites is 2. The Morgan fingerprint density at radius 3 is 2.17 bits per heavy atom. The zero-order chi connectivity index (χ0) is 39.6. The largest absolute Gasteiger partial charge is 0.334 e. The molecule has 0 radical (unpaired) electrons. The first-order valence-corrected chi connectivity index (χ1v) is 21.8. The molecular formula is C57H40N2S. The molecule has 0 amide bonds. The van der Waals surface area contributed by atoms with Crippen molar-refractivity contribution in [3.05, 3.63) is 229 Å². The van der Waals surface area contributed by atoms with Gasteiger partial charge >= 0.3 is 0 Å². The van der Waals surface area contributed by atoms with Crippen LogP contribution >= 0.6 is 11.8 Å². The van der Waals surface area contributed by atoms with Crippen molar-refractivity contribution in [3.63, 3.8) is 0 Å². The highest BCUT2D eigenvalue weighted by atomic mass is 32.2. The number of rotatable bonds is 6. The predicted octanol–water partition coefficient (Wildman–Crippen LogP) is 15.0. The average molecular weight is 785 g/mol. The molecule has 3 aliphatic rings. The van der Waals surface area contributed by atoms with Crippen molar-refractivity contribution in [2.24, 2.45) is 0 Å². The van der Waals surface area contributed by atoms with Crippen LogP contribution in [0.1, 0.15) is 16.7 Å². The van der Waals surface area contributed by atoms with Crippen LogP contribution in [-0.4, -0.2) is 15.9 Å². The van der Waals surface area contributed by atoms with E-state index in [0.29, 0.717) is 5.25 Å². The summed E-state index contributed by atoms with van der Waals surface area (Å²) in [7, 11) is 0. The molecule has 0 N–H and O–H groups in total. The summed E-state index contributed by atoms with van der Waals surface area (Å²) in [6.07, 6.45) is 16.9. The molecule has 1 aromatic heterocycles. The van der Waals surface area contributed by atoms with Crippen LogP contribution in [0.5, 0.6) is 0 Å². The van der Waals surface area contributed by atoms with E-state index < -0.39 is 0 Å². The van der Waals surface area contributed by atoms with E-state index in [1.54, 1.807) is 0 Å². The maximum absolute atomic E-state index is 2.49. The number of allylic oxidation sites excluding steroid dienone is 4. The molecule has 2 unspecified atom stereocenters. The van der Waals surface area contributed by atoms with E-state index in [1.807, 2.05) is 11.8 Å². The first-order chi connectivity index (χ1) is 29.7. The number of benzene rings is 8. The minimum atomic E-state index is 0.194. The van der Waals surface area contributed by atoms with Crippen molar-refractivity contribution >= 4 is 67.4 Å². The molecule has 12 rings (SSSR count). The summed E-state index contributed by atoms with van der Waals surface area (Å²) in [6.45, 7) is 0. The highest BCUT2D eigenvalue weighted by molar-refractivity contribution is 8.00. The van der Waals surface area contributed by atoms with Gasteiger partial charge in [0.25, 0.3) is 0 Å². The van der Waals surface area contributed by atoms with E-state index in [9.17, 15) is 0 Å². The number of anilines is 2. The average Bonchev–Trinajstić information content (AvgIpc) is 3.51. The van der Waals surface area contributed by atoms with Crippen LogP contribution in [0, 0.1) is 0 Å². The maximum Gasteiger partial charge on any atom is 0.0566 e. The summed E-state index contributed by atoms with van der Waals surface area (Å²) >= 11 is 1.93. The molecule has 284 valence electrons. The number of nitrogens with zero attached hydrogens (tertiary/aromatic N) is 2. The van der Waals surface area contributed by atoms with Crippen LogP contribution in [0.3, 0.4) is 0 Å². The highest BCUT2D eigenvalue weighted by Crippen LogP contribution is 2.43. The number of hydrogen-bond acceptors (Lipinski definition) is 2. The minimum Gasteiger partial charge on any atom is -0.334 e. The fraction of sp³-hybridized carbons (Fsp3) is 0.0526. The molecule has 2 heterocycles. The molecule has 3 heteroatoms. The van der Waals surface area contributed by atoms with E-state index in [2.05, 4.69) is 228 Å². The summed E-state index contributed by atoms with van der Waals surface area (Å²) in [5, 5.41) is 5.50. The molecule has 0 spiro atoms. The Bertz CT molecular complexity index is 3270. The van der Waals surface area contributed by atoms with Crippen molar-refractivity contribution in [2.45, 2.75) is 22.6 Å². The van der Waals surface area contributed by atoms with Crippen LogP contribution in [0.25, 0.3) is 72.2 Å². The van der Waals surface area contributed by atoms with Crippen LogP contribution in [0.15, 0.2) is 217 Å². The first-order valence-electron chi connectivity index (χ1n) is 20.9. The summed E-state index contributed by atoms with van der Waals surface area (Å²) in [6, 6.07) is 65.2. The van der Waals surface area contributed by atoms with Crippen LogP contribution in [0.2, 0.25) is 0 Å². The Morgan fingerprint density at radius 1 is 0.517 bits per heavy atom. The second-order valence-electron chi connectivity index (χ2n) is 16.0. The Labute approximate surface area is 354 Å². The Morgan fingerprint density at radius 2 is 1.27 bits per heavy atom. The van der Waals surface area contributed by atoms with Gasteiger partial charge in [0, 0.05) is 38.0 Å². The summed E-state index contributed by atoms with van der Waals surface area (Å²) in [5.74, 6) is 0. The molecule has 2 atom stereocenters. The summed E-state index contributed by atoms with van der Waals surface area (Å²) in [4.78, 5) is 3.82. The lowest BCUT2D eigenvalue weighted by molar-refractivity contribution is 0.768. The van der Waals surface area contributed by atoms with Gasteiger partial charge in [-0.3, -0.25) is 0 Å². The fourth-order valence-electron chi connectivity index (χ4n) is 9.64. The summed E-state index contributed by atoms with van der Waals surface area (Å²) in [5.41, 5.74) is 16.2. The second kappa shape index (κ2) is 14.3. The number of thioether (sulfide) groups is 1. The van der Waals surface area contributed by atoms with Gasteiger partial charge in [-0.2, -0.15) is 0 Å². The van der Waals surface area contributed by atoms with E-state index in [1.165, 1.54) is 99.1 Å². The second-order valence-corrected chi connectivity index (χ2v) is 17.3. The van der Waals surface area contributed by atoms with Gasteiger partial charge in [0.2, 0.25) is 0 Å². The monoisotopic (exact) mass is 784 g/mol. The molecule has 0 saturated heterocycles. The highest BCUT2D eigenvalue weighted by Gasteiger charge is 2.24. The third kappa shape index (κ3) is 5.96. The number of hydrogen-bond donors (Lipinski definition) is 0. The zero-order valence-electron chi connectivity index (χ0n) is 32.9. The SMILES string of the molecule is C1=CC2=CC(C=C1)Sc1cc(-n3c4ccccc4c4cc(-c5cccc(-c6ccc(N(c7ccccc7)C7C=Cc8c(ccc9ccccc89)C7)cc6)c5)ccc43)ccc12. The molecule has 8 aromatic carbocycles. The molecule has 2 bridgehead atoms. The Balaban J connectivity index is 0.871. The third-order valence-corrected chi connectivity index (χ3v) is 13.7. The molecule has 2 aliphatic carbocycles.